The van der Waals surface area contributed by atoms with Crippen LogP contribution in [0.15, 0.2) is 205 Å². The molecule has 0 N–H and O–H groups in total. The largest absolute Gasteiger partial charge is 0.455 e. The summed E-state index contributed by atoms with van der Waals surface area (Å²) in [4.78, 5) is 2.44. The molecule has 0 unspecified atom stereocenters. The molecule has 0 atom stereocenters. The first-order valence-corrected chi connectivity index (χ1v) is 19.5. The average Bonchev–Trinajstić information content (AvgIpc) is 3.82. The topological polar surface area (TPSA) is 16.4 Å². The number of hydrogen-bond donors (Lipinski definition) is 0. The number of hydrogen-bond acceptors (Lipinski definition) is 3. The van der Waals surface area contributed by atoms with Gasteiger partial charge in [0.25, 0.3) is 0 Å². The van der Waals surface area contributed by atoms with Crippen molar-refractivity contribution in [3.8, 4) is 33.4 Å². The minimum absolute atomic E-state index is 0.897. The molecule has 2 heterocycles. The molecule has 0 spiro atoms. The van der Waals surface area contributed by atoms with E-state index in [-0.39, 0.29) is 0 Å². The maximum Gasteiger partial charge on any atom is 0.143 e. The van der Waals surface area contributed by atoms with Crippen LogP contribution in [0.25, 0.3) is 86.3 Å². The number of nitrogens with zero attached hydrogens (tertiary/aromatic N) is 1. The van der Waals surface area contributed by atoms with Gasteiger partial charge in [0.15, 0.2) is 0 Å². The fraction of sp³-hybridized carbons (Fsp3) is 0. The van der Waals surface area contributed by atoms with Crippen LogP contribution >= 0.6 is 11.3 Å². The van der Waals surface area contributed by atoms with Gasteiger partial charge in [-0.05, 0) is 81.6 Å². The second-order valence-corrected chi connectivity index (χ2v) is 15.1. The van der Waals surface area contributed by atoms with Gasteiger partial charge in [-0.15, -0.1) is 11.3 Å². The molecule has 0 amide bonds. The Hall–Kier alpha value is -6.94. The van der Waals surface area contributed by atoms with Crippen LogP contribution in [-0.4, -0.2) is 0 Å². The summed E-state index contributed by atoms with van der Waals surface area (Å²) >= 11 is 1.85. The standard InChI is InChI=1S/C52H33NOS/c1-2-13-34(14-3-1)36-17-10-18-37(31-36)35-27-29-40(30-28-35)53(48-25-12-23-45-42-20-7-9-26-50(42)55-52(45)48)47-24-8-6-19-41(47)43-21-11-22-44-46-32-38-15-4-5-16-39(38)33-49(46)54-51(43)44/h1-33H. The van der Waals surface area contributed by atoms with Gasteiger partial charge in [-0.2, -0.15) is 0 Å². The van der Waals surface area contributed by atoms with Crippen molar-refractivity contribution in [2.45, 2.75) is 0 Å². The first-order chi connectivity index (χ1) is 27.3. The van der Waals surface area contributed by atoms with E-state index in [0.29, 0.717) is 0 Å². The van der Waals surface area contributed by atoms with Crippen LogP contribution in [0.3, 0.4) is 0 Å². The molecule has 55 heavy (non-hydrogen) atoms. The normalized spacial score (nSPS) is 11.6. The van der Waals surface area contributed by atoms with Gasteiger partial charge in [-0.25, -0.2) is 0 Å². The summed E-state index contributed by atoms with van der Waals surface area (Å²) in [5.41, 5.74) is 12.1. The van der Waals surface area contributed by atoms with Crippen LogP contribution in [0.1, 0.15) is 0 Å². The number of para-hydroxylation sites is 2. The minimum atomic E-state index is 0.897. The molecular weight excluding hydrogens is 687 g/mol. The van der Waals surface area contributed by atoms with Gasteiger partial charge >= 0.3 is 0 Å². The van der Waals surface area contributed by atoms with Crippen molar-refractivity contribution < 1.29 is 4.42 Å². The zero-order valence-electron chi connectivity index (χ0n) is 29.8. The molecule has 0 radical (unpaired) electrons. The molecule has 0 bridgehead atoms. The lowest BCUT2D eigenvalue weighted by Crippen LogP contribution is -2.11. The predicted molar refractivity (Wildman–Crippen MR) is 235 cm³/mol. The number of rotatable bonds is 6. The van der Waals surface area contributed by atoms with Crippen molar-refractivity contribution >= 4 is 81.3 Å². The van der Waals surface area contributed by atoms with Crippen LogP contribution in [0.5, 0.6) is 0 Å². The SMILES string of the molecule is c1ccc(-c2cccc(-c3ccc(N(c4ccccc4-c4cccc5c4oc4cc6ccccc6cc45)c4cccc5c4sc4ccccc45)cc3)c2)cc1. The zero-order valence-corrected chi connectivity index (χ0v) is 30.6. The monoisotopic (exact) mass is 719 g/mol. The second-order valence-electron chi connectivity index (χ2n) is 14.1. The van der Waals surface area contributed by atoms with E-state index >= 15 is 0 Å². The third-order valence-electron chi connectivity index (χ3n) is 10.9. The Morgan fingerprint density at radius 2 is 0.982 bits per heavy atom. The third-order valence-corrected chi connectivity index (χ3v) is 12.1. The summed E-state index contributed by atoms with van der Waals surface area (Å²) in [7, 11) is 0. The molecular formula is C52H33NOS. The molecule has 9 aromatic carbocycles. The predicted octanol–water partition coefficient (Wildman–Crippen LogP) is 15.6. The van der Waals surface area contributed by atoms with Crippen LogP contribution in [0, 0.1) is 0 Å². The Kier molecular flexibility index (Phi) is 7.39. The fourth-order valence-corrected chi connectivity index (χ4v) is 9.43. The van der Waals surface area contributed by atoms with E-state index in [1.807, 2.05) is 11.3 Å². The smallest absolute Gasteiger partial charge is 0.143 e. The highest BCUT2D eigenvalue weighted by Crippen LogP contribution is 2.48. The Labute approximate surface area is 322 Å². The minimum Gasteiger partial charge on any atom is -0.455 e. The van der Waals surface area contributed by atoms with Crippen LogP contribution < -0.4 is 4.90 Å². The maximum atomic E-state index is 6.79. The first-order valence-electron chi connectivity index (χ1n) is 18.7. The lowest BCUT2D eigenvalue weighted by atomic mass is 9.97. The molecule has 11 aromatic rings. The van der Waals surface area contributed by atoms with Crippen molar-refractivity contribution in [1.29, 1.82) is 0 Å². The molecule has 0 saturated heterocycles. The quantitative estimate of drug-likeness (QED) is 0.170. The summed E-state index contributed by atoms with van der Waals surface area (Å²) in [5.74, 6) is 0. The summed E-state index contributed by atoms with van der Waals surface area (Å²) in [6.07, 6.45) is 0. The molecule has 2 aromatic heterocycles. The molecule has 258 valence electrons. The number of anilines is 3. The summed E-state index contributed by atoms with van der Waals surface area (Å²) in [6, 6.07) is 72.1. The molecule has 3 heteroatoms. The lowest BCUT2D eigenvalue weighted by molar-refractivity contribution is 0.670. The van der Waals surface area contributed by atoms with Gasteiger partial charge < -0.3 is 9.32 Å². The van der Waals surface area contributed by atoms with Gasteiger partial charge in [0.1, 0.15) is 11.2 Å². The Morgan fingerprint density at radius 1 is 0.382 bits per heavy atom. The highest BCUT2D eigenvalue weighted by Gasteiger charge is 2.23. The van der Waals surface area contributed by atoms with Gasteiger partial charge in [-0.3, -0.25) is 0 Å². The number of thiophene rings is 1. The first kappa shape index (κ1) is 31.6. The van der Waals surface area contributed by atoms with Crippen molar-refractivity contribution in [3.05, 3.63) is 200 Å². The van der Waals surface area contributed by atoms with E-state index in [9.17, 15) is 0 Å². The van der Waals surface area contributed by atoms with E-state index < -0.39 is 0 Å². The summed E-state index contributed by atoms with van der Waals surface area (Å²) < 4.78 is 9.33. The summed E-state index contributed by atoms with van der Waals surface area (Å²) in [6.45, 7) is 0. The molecule has 0 aliphatic heterocycles. The van der Waals surface area contributed by atoms with Gasteiger partial charge in [0.05, 0.1) is 16.1 Å². The van der Waals surface area contributed by atoms with Crippen molar-refractivity contribution in [2.24, 2.45) is 0 Å². The van der Waals surface area contributed by atoms with Crippen molar-refractivity contribution in [2.75, 3.05) is 4.90 Å². The van der Waals surface area contributed by atoms with Crippen LogP contribution in [-0.2, 0) is 0 Å². The summed E-state index contributed by atoms with van der Waals surface area (Å²) in [5, 5.41) is 7.18. The van der Waals surface area contributed by atoms with E-state index in [0.717, 1.165) is 50.1 Å². The molecule has 2 nitrogen and oxygen atoms in total. The van der Waals surface area contributed by atoms with Gasteiger partial charge in [-0.1, -0.05) is 152 Å². The van der Waals surface area contributed by atoms with Crippen LogP contribution in [0.4, 0.5) is 17.1 Å². The number of furan rings is 1. The molecule has 0 aliphatic rings. The van der Waals surface area contributed by atoms with Crippen molar-refractivity contribution in [1.82, 2.24) is 0 Å². The second kappa shape index (κ2) is 12.9. The molecule has 11 rings (SSSR count). The highest BCUT2D eigenvalue weighted by atomic mass is 32.1. The third kappa shape index (κ3) is 5.32. The van der Waals surface area contributed by atoms with Gasteiger partial charge in [0.2, 0.25) is 0 Å². The van der Waals surface area contributed by atoms with E-state index in [2.05, 4.69) is 205 Å². The highest BCUT2D eigenvalue weighted by molar-refractivity contribution is 7.26. The molecule has 0 aliphatic carbocycles. The lowest BCUT2D eigenvalue weighted by Gasteiger charge is -2.28. The zero-order chi connectivity index (χ0) is 36.3. The Bertz CT molecular complexity index is 3210. The van der Waals surface area contributed by atoms with Crippen LogP contribution in [0.2, 0.25) is 0 Å². The number of fused-ring (bicyclic) bond motifs is 7. The average molecular weight is 720 g/mol. The van der Waals surface area contributed by atoms with E-state index in [1.165, 1.54) is 53.2 Å². The Balaban J connectivity index is 1.11. The number of benzene rings is 9. The Morgan fingerprint density at radius 3 is 1.84 bits per heavy atom. The van der Waals surface area contributed by atoms with Gasteiger partial charge in [0, 0.05) is 43.1 Å². The maximum absolute atomic E-state index is 6.79. The van der Waals surface area contributed by atoms with E-state index in [1.54, 1.807) is 0 Å². The molecule has 0 fully saturated rings. The molecule has 0 saturated carbocycles. The van der Waals surface area contributed by atoms with Crippen molar-refractivity contribution in [3.63, 3.8) is 0 Å². The van der Waals surface area contributed by atoms with E-state index in [4.69, 9.17) is 4.42 Å². The fourth-order valence-electron chi connectivity index (χ4n) is 8.22.